The molecule has 1 amide bonds. The molecule has 0 atom stereocenters. The molecule has 0 radical (unpaired) electrons. The third-order valence-corrected chi connectivity index (χ3v) is 7.10. The van der Waals surface area contributed by atoms with Crippen molar-refractivity contribution >= 4 is 21.7 Å². The van der Waals surface area contributed by atoms with Crippen molar-refractivity contribution in [2.45, 2.75) is 11.8 Å². The highest BCUT2D eigenvalue weighted by molar-refractivity contribution is 7.89. The van der Waals surface area contributed by atoms with Crippen molar-refractivity contribution in [1.82, 2.24) is 24.2 Å². The Morgan fingerprint density at radius 3 is 2.27 bits per heavy atom. The number of sulfonamides is 1. The number of aryl methyl sites for hydroxylation is 1. The van der Waals surface area contributed by atoms with Crippen LogP contribution in [-0.2, 0) is 14.8 Å². The molecule has 0 spiro atoms. The van der Waals surface area contributed by atoms with E-state index < -0.39 is 10.0 Å². The van der Waals surface area contributed by atoms with Crippen LogP contribution in [0.5, 0.6) is 0 Å². The minimum absolute atomic E-state index is 0.137. The van der Waals surface area contributed by atoms with E-state index in [9.17, 15) is 13.2 Å². The lowest BCUT2D eigenvalue weighted by atomic mass is 10.2. The first kappa shape index (κ1) is 20.6. The Balaban J connectivity index is 1.38. The zero-order chi connectivity index (χ0) is 21.1. The van der Waals surface area contributed by atoms with Crippen LogP contribution in [0.4, 0.5) is 5.82 Å². The molecule has 0 aromatic carbocycles. The molecule has 4 rings (SSSR count). The highest BCUT2D eigenvalue weighted by Crippen LogP contribution is 2.20. The highest BCUT2D eigenvalue weighted by Gasteiger charge is 2.28. The van der Waals surface area contributed by atoms with Crippen molar-refractivity contribution < 1.29 is 17.9 Å². The average Bonchev–Trinajstić information content (AvgIpc) is 2.80. The van der Waals surface area contributed by atoms with Gasteiger partial charge in [0.1, 0.15) is 16.4 Å². The zero-order valence-corrected chi connectivity index (χ0v) is 17.6. The molecular weight excluding hydrogens is 408 g/mol. The van der Waals surface area contributed by atoms with Crippen molar-refractivity contribution in [2.24, 2.45) is 0 Å². The fourth-order valence-electron chi connectivity index (χ4n) is 3.45. The number of nitrogens with zero attached hydrogens (tertiary/aromatic N) is 6. The normalized spacial score (nSPS) is 18.4. The number of morpholine rings is 1. The van der Waals surface area contributed by atoms with Gasteiger partial charge in [-0.05, 0) is 19.1 Å². The van der Waals surface area contributed by atoms with Crippen LogP contribution in [0.2, 0.25) is 0 Å². The van der Waals surface area contributed by atoms with Crippen LogP contribution in [0.15, 0.2) is 35.6 Å². The lowest BCUT2D eigenvalue weighted by molar-refractivity contribution is 0.0730. The fraction of sp³-hybridized carbons (Fsp3) is 0.474. The van der Waals surface area contributed by atoms with Gasteiger partial charge in [0.15, 0.2) is 0 Å². The molecule has 11 heteroatoms. The molecule has 0 unspecified atom stereocenters. The second-order valence-electron chi connectivity index (χ2n) is 7.19. The highest BCUT2D eigenvalue weighted by atomic mass is 32.2. The maximum atomic E-state index is 12.7. The largest absolute Gasteiger partial charge is 0.379 e. The number of anilines is 1. The Labute approximate surface area is 175 Å². The van der Waals surface area contributed by atoms with Gasteiger partial charge in [0.05, 0.1) is 25.1 Å². The zero-order valence-electron chi connectivity index (χ0n) is 16.8. The number of carbonyl (C=O) groups excluding carboxylic acids is 1. The van der Waals surface area contributed by atoms with Gasteiger partial charge in [-0.1, -0.05) is 0 Å². The summed E-state index contributed by atoms with van der Waals surface area (Å²) in [4.78, 5) is 29.2. The Bertz CT molecular complexity index is 983. The summed E-state index contributed by atoms with van der Waals surface area (Å²) < 4.78 is 32.1. The third kappa shape index (κ3) is 4.27. The standard InChI is InChI=1S/C19H24N6O4S/c1-15-12-21-17(14-20-15)19(26)24-6-4-23(5-7-24)18-3-2-16(13-22-18)30(27,28)25-8-10-29-11-9-25/h2-3,12-14H,4-11H2,1H3. The van der Waals surface area contributed by atoms with E-state index in [1.165, 1.54) is 16.7 Å². The molecule has 2 aliphatic rings. The summed E-state index contributed by atoms with van der Waals surface area (Å²) in [7, 11) is -3.56. The molecule has 0 bridgehead atoms. The number of rotatable bonds is 4. The van der Waals surface area contributed by atoms with Crippen LogP contribution in [0.25, 0.3) is 0 Å². The molecule has 0 saturated carbocycles. The molecule has 0 aliphatic carbocycles. The molecule has 0 N–H and O–H groups in total. The predicted octanol–water partition coefficient (Wildman–Crippen LogP) is 0.163. The topological polar surface area (TPSA) is 109 Å². The number of piperazine rings is 1. The molecule has 2 saturated heterocycles. The monoisotopic (exact) mass is 432 g/mol. The molecule has 2 aromatic heterocycles. The van der Waals surface area contributed by atoms with E-state index in [1.54, 1.807) is 23.2 Å². The summed E-state index contributed by atoms with van der Waals surface area (Å²) in [5.74, 6) is 0.556. The third-order valence-electron chi connectivity index (χ3n) is 5.22. The summed E-state index contributed by atoms with van der Waals surface area (Å²) in [6.07, 6.45) is 4.48. The average molecular weight is 433 g/mol. The summed E-state index contributed by atoms with van der Waals surface area (Å²) in [5.41, 5.74) is 1.10. The van der Waals surface area contributed by atoms with Gasteiger partial charge in [0.2, 0.25) is 10.0 Å². The summed E-state index contributed by atoms with van der Waals surface area (Å²) in [6.45, 7) is 5.61. The molecule has 2 fully saturated rings. The van der Waals surface area contributed by atoms with Crippen molar-refractivity contribution in [3.05, 3.63) is 42.1 Å². The second kappa shape index (κ2) is 8.62. The van der Waals surface area contributed by atoms with Crippen molar-refractivity contribution in [3.8, 4) is 0 Å². The molecule has 160 valence electrons. The van der Waals surface area contributed by atoms with E-state index in [4.69, 9.17) is 4.74 Å². The first-order chi connectivity index (χ1) is 14.4. The van der Waals surface area contributed by atoms with Crippen LogP contribution in [0, 0.1) is 6.92 Å². The summed E-state index contributed by atoms with van der Waals surface area (Å²) in [5, 5.41) is 0. The minimum atomic E-state index is -3.56. The van der Waals surface area contributed by atoms with Crippen LogP contribution >= 0.6 is 0 Å². The number of carbonyl (C=O) groups is 1. The number of amides is 1. The van der Waals surface area contributed by atoms with Gasteiger partial charge in [0, 0.05) is 51.7 Å². The van der Waals surface area contributed by atoms with E-state index in [0.29, 0.717) is 64.0 Å². The van der Waals surface area contributed by atoms with E-state index in [-0.39, 0.29) is 10.8 Å². The number of hydrogen-bond acceptors (Lipinski definition) is 8. The van der Waals surface area contributed by atoms with Gasteiger partial charge in [-0.2, -0.15) is 4.31 Å². The Morgan fingerprint density at radius 2 is 1.67 bits per heavy atom. The van der Waals surface area contributed by atoms with Gasteiger partial charge >= 0.3 is 0 Å². The van der Waals surface area contributed by atoms with Gasteiger partial charge in [-0.25, -0.2) is 18.4 Å². The molecule has 2 aromatic rings. The first-order valence-corrected chi connectivity index (χ1v) is 11.3. The molecular formula is C19H24N6O4S. The summed E-state index contributed by atoms with van der Waals surface area (Å²) in [6, 6.07) is 3.31. The van der Waals surface area contributed by atoms with Crippen molar-refractivity contribution in [1.29, 1.82) is 0 Å². The number of ether oxygens (including phenoxy) is 1. The van der Waals surface area contributed by atoms with Gasteiger partial charge < -0.3 is 14.5 Å². The first-order valence-electron chi connectivity index (χ1n) is 9.82. The SMILES string of the molecule is Cc1cnc(C(=O)N2CCN(c3ccc(S(=O)(=O)N4CCOCC4)cn3)CC2)cn1. The maximum absolute atomic E-state index is 12.7. The minimum Gasteiger partial charge on any atom is -0.379 e. The Hall–Kier alpha value is -2.63. The van der Waals surface area contributed by atoms with Crippen molar-refractivity contribution in [2.75, 3.05) is 57.4 Å². The smallest absolute Gasteiger partial charge is 0.274 e. The van der Waals surface area contributed by atoms with Gasteiger partial charge in [-0.15, -0.1) is 0 Å². The number of hydrogen-bond donors (Lipinski definition) is 0. The molecule has 10 nitrogen and oxygen atoms in total. The lowest BCUT2D eigenvalue weighted by Gasteiger charge is -2.35. The Morgan fingerprint density at radius 1 is 0.933 bits per heavy atom. The summed E-state index contributed by atoms with van der Waals surface area (Å²) >= 11 is 0. The van der Waals surface area contributed by atoms with E-state index in [2.05, 4.69) is 15.0 Å². The van der Waals surface area contributed by atoms with Crippen molar-refractivity contribution in [3.63, 3.8) is 0 Å². The van der Waals surface area contributed by atoms with E-state index >= 15 is 0 Å². The fourth-order valence-corrected chi connectivity index (χ4v) is 4.81. The second-order valence-corrected chi connectivity index (χ2v) is 9.13. The van der Waals surface area contributed by atoms with Gasteiger partial charge in [0.25, 0.3) is 5.91 Å². The molecule has 2 aliphatic heterocycles. The van der Waals surface area contributed by atoms with Crippen LogP contribution in [-0.4, -0.2) is 91.0 Å². The predicted molar refractivity (Wildman–Crippen MR) is 109 cm³/mol. The quantitative estimate of drug-likeness (QED) is 0.672. The molecule has 30 heavy (non-hydrogen) atoms. The maximum Gasteiger partial charge on any atom is 0.274 e. The van der Waals surface area contributed by atoms with E-state index in [1.807, 2.05) is 11.8 Å². The van der Waals surface area contributed by atoms with Crippen LogP contribution < -0.4 is 4.90 Å². The van der Waals surface area contributed by atoms with Gasteiger partial charge in [-0.3, -0.25) is 9.78 Å². The molecule has 4 heterocycles. The van der Waals surface area contributed by atoms with Crippen LogP contribution in [0.3, 0.4) is 0 Å². The number of pyridine rings is 1. The van der Waals surface area contributed by atoms with Crippen LogP contribution in [0.1, 0.15) is 16.2 Å². The Kier molecular flexibility index (Phi) is 5.93. The number of aromatic nitrogens is 3. The van der Waals surface area contributed by atoms with E-state index in [0.717, 1.165) is 5.69 Å². The lowest BCUT2D eigenvalue weighted by Crippen LogP contribution is -2.49.